The quantitative estimate of drug-likeness (QED) is 0.731. The van der Waals surface area contributed by atoms with Gasteiger partial charge in [0.25, 0.3) is 11.8 Å². The molecule has 0 aliphatic rings. The summed E-state index contributed by atoms with van der Waals surface area (Å²) in [6.07, 6.45) is 0. The lowest BCUT2D eigenvalue weighted by Crippen LogP contribution is -2.44. The Morgan fingerprint density at radius 2 is 1.96 bits per heavy atom. The minimum absolute atomic E-state index is 0.191. The molecular formula is C17H22N4O3. The summed E-state index contributed by atoms with van der Waals surface area (Å²) in [5.74, 6) is 0.0126. The van der Waals surface area contributed by atoms with Gasteiger partial charge in [-0.15, -0.1) is 0 Å². The van der Waals surface area contributed by atoms with Gasteiger partial charge in [0.2, 0.25) is 0 Å². The lowest BCUT2D eigenvalue weighted by Gasteiger charge is -2.14. The van der Waals surface area contributed by atoms with Crippen molar-refractivity contribution in [3.63, 3.8) is 0 Å². The molecule has 2 rings (SSSR count). The van der Waals surface area contributed by atoms with Crippen LogP contribution in [0.3, 0.4) is 0 Å². The Hall–Kier alpha value is -2.83. The van der Waals surface area contributed by atoms with Crippen LogP contribution in [0.2, 0.25) is 0 Å². The molecule has 1 aromatic carbocycles. The molecule has 24 heavy (non-hydrogen) atoms. The number of aryl methyl sites for hydroxylation is 2. The number of benzene rings is 1. The third-order valence-corrected chi connectivity index (χ3v) is 3.40. The second kappa shape index (κ2) is 7.63. The SMILES string of the molecule is Cc1ccc(C(C)C)c(OCC(=O)NNC(=O)c2cc(C)[nH]n2)c1. The van der Waals surface area contributed by atoms with E-state index in [1.165, 1.54) is 0 Å². The Kier molecular flexibility index (Phi) is 5.57. The normalized spacial score (nSPS) is 10.5. The molecule has 0 saturated heterocycles. The van der Waals surface area contributed by atoms with Crippen molar-refractivity contribution >= 4 is 11.8 Å². The number of carbonyl (C=O) groups excluding carboxylic acids is 2. The van der Waals surface area contributed by atoms with Gasteiger partial charge < -0.3 is 4.74 Å². The van der Waals surface area contributed by atoms with Crippen LogP contribution >= 0.6 is 0 Å². The summed E-state index contributed by atoms with van der Waals surface area (Å²) in [5, 5.41) is 6.47. The van der Waals surface area contributed by atoms with Crippen LogP contribution in [0.5, 0.6) is 5.75 Å². The van der Waals surface area contributed by atoms with E-state index in [1.807, 2.05) is 25.1 Å². The maximum Gasteiger partial charge on any atom is 0.290 e. The highest BCUT2D eigenvalue weighted by atomic mass is 16.5. The highest BCUT2D eigenvalue weighted by Crippen LogP contribution is 2.27. The van der Waals surface area contributed by atoms with Gasteiger partial charge >= 0.3 is 0 Å². The second-order valence-electron chi connectivity index (χ2n) is 5.92. The second-order valence-corrected chi connectivity index (χ2v) is 5.92. The van der Waals surface area contributed by atoms with Gasteiger partial charge in [-0.05, 0) is 43.0 Å². The maximum atomic E-state index is 11.8. The van der Waals surface area contributed by atoms with Crippen LogP contribution < -0.4 is 15.6 Å². The molecule has 0 fully saturated rings. The molecule has 0 unspecified atom stereocenters. The third kappa shape index (κ3) is 4.58. The molecule has 0 radical (unpaired) electrons. The number of hydrazine groups is 1. The highest BCUT2D eigenvalue weighted by Gasteiger charge is 2.12. The molecule has 0 aliphatic heterocycles. The van der Waals surface area contributed by atoms with E-state index in [1.54, 1.807) is 13.0 Å². The zero-order valence-corrected chi connectivity index (χ0v) is 14.3. The summed E-state index contributed by atoms with van der Waals surface area (Å²) in [7, 11) is 0. The average molecular weight is 330 g/mol. The molecule has 0 saturated carbocycles. The first-order chi connectivity index (χ1) is 11.4. The van der Waals surface area contributed by atoms with Gasteiger partial charge in [-0.3, -0.25) is 25.5 Å². The van der Waals surface area contributed by atoms with Gasteiger partial charge in [0.1, 0.15) is 5.75 Å². The molecule has 7 nitrogen and oxygen atoms in total. The fourth-order valence-corrected chi connectivity index (χ4v) is 2.15. The molecule has 7 heteroatoms. The number of ether oxygens (including phenoxy) is 1. The maximum absolute atomic E-state index is 11.8. The highest BCUT2D eigenvalue weighted by molar-refractivity contribution is 5.93. The number of hydrogen-bond donors (Lipinski definition) is 3. The van der Waals surface area contributed by atoms with Crippen molar-refractivity contribution in [3.05, 3.63) is 46.8 Å². The van der Waals surface area contributed by atoms with Crippen molar-refractivity contribution in [2.75, 3.05) is 6.61 Å². The summed E-state index contributed by atoms with van der Waals surface area (Å²) >= 11 is 0. The number of aromatic nitrogens is 2. The van der Waals surface area contributed by atoms with Crippen LogP contribution in [0.15, 0.2) is 24.3 Å². The van der Waals surface area contributed by atoms with Gasteiger partial charge in [-0.25, -0.2) is 0 Å². The van der Waals surface area contributed by atoms with Gasteiger partial charge in [0, 0.05) is 5.69 Å². The molecule has 1 aromatic heterocycles. The Morgan fingerprint density at radius 1 is 1.21 bits per heavy atom. The van der Waals surface area contributed by atoms with Crippen molar-refractivity contribution in [3.8, 4) is 5.75 Å². The molecule has 3 N–H and O–H groups in total. The third-order valence-electron chi connectivity index (χ3n) is 3.40. The lowest BCUT2D eigenvalue weighted by atomic mass is 10.0. The Morgan fingerprint density at radius 3 is 2.58 bits per heavy atom. The predicted octanol–water partition coefficient (Wildman–Crippen LogP) is 1.99. The van der Waals surface area contributed by atoms with E-state index in [9.17, 15) is 9.59 Å². The van der Waals surface area contributed by atoms with Crippen LogP contribution in [0.1, 0.15) is 47.1 Å². The number of hydrogen-bond acceptors (Lipinski definition) is 4. The molecule has 0 bridgehead atoms. The Bertz CT molecular complexity index is 737. The van der Waals surface area contributed by atoms with E-state index >= 15 is 0 Å². The van der Waals surface area contributed by atoms with E-state index in [2.05, 4.69) is 34.9 Å². The molecule has 2 amide bonds. The van der Waals surface area contributed by atoms with E-state index in [0.29, 0.717) is 5.75 Å². The van der Waals surface area contributed by atoms with Crippen molar-refractivity contribution in [1.29, 1.82) is 0 Å². The predicted molar refractivity (Wildman–Crippen MR) is 89.7 cm³/mol. The number of aromatic amines is 1. The summed E-state index contributed by atoms with van der Waals surface area (Å²) < 4.78 is 5.60. The molecule has 1 heterocycles. The topological polar surface area (TPSA) is 96.1 Å². The van der Waals surface area contributed by atoms with E-state index in [0.717, 1.165) is 16.8 Å². The smallest absolute Gasteiger partial charge is 0.290 e. The first-order valence-corrected chi connectivity index (χ1v) is 7.71. The molecule has 2 aromatic rings. The van der Waals surface area contributed by atoms with E-state index in [4.69, 9.17) is 4.74 Å². The standard InChI is InChI=1S/C17H22N4O3/c1-10(2)13-6-5-11(3)7-15(13)24-9-16(22)20-21-17(23)14-8-12(4)18-19-14/h5-8,10H,9H2,1-4H3,(H,18,19)(H,20,22)(H,21,23). The lowest BCUT2D eigenvalue weighted by molar-refractivity contribution is -0.123. The monoisotopic (exact) mass is 330 g/mol. The van der Waals surface area contributed by atoms with Crippen molar-refractivity contribution in [2.24, 2.45) is 0 Å². The van der Waals surface area contributed by atoms with Crippen LogP contribution in [-0.4, -0.2) is 28.6 Å². The van der Waals surface area contributed by atoms with Crippen LogP contribution in [0.4, 0.5) is 0 Å². The number of nitrogens with one attached hydrogen (secondary N) is 3. The average Bonchev–Trinajstić information content (AvgIpc) is 2.97. The minimum atomic E-state index is -0.494. The van der Waals surface area contributed by atoms with Crippen LogP contribution in [0, 0.1) is 13.8 Å². The zero-order valence-electron chi connectivity index (χ0n) is 14.3. The summed E-state index contributed by atoms with van der Waals surface area (Å²) in [4.78, 5) is 23.6. The largest absolute Gasteiger partial charge is 0.483 e. The number of H-pyrrole nitrogens is 1. The van der Waals surface area contributed by atoms with Crippen LogP contribution in [-0.2, 0) is 4.79 Å². The molecule has 128 valence electrons. The molecule has 0 atom stereocenters. The number of nitrogens with zero attached hydrogens (tertiary/aromatic N) is 1. The summed E-state index contributed by atoms with van der Waals surface area (Å²) in [6, 6.07) is 7.48. The fourth-order valence-electron chi connectivity index (χ4n) is 2.15. The van der Waals surface area contributed by atoms with Crippen LogP contribution in [0.25, 0.3) is 0 Å². The van der Waals surface area contributed by atoms with Crippen molar-refractivity contribution in [2.45, 2.75) is 33.6 Å². The Balaban J connectivity index is 1.87. The first-order valence-electron chi connectivity index (χ1n) is 7.71. The molecular weight excluding hydrogens is 308 g/mol. The van der Waals surface area contributed by atoms with Gasteiger partial charge in [-0.1, -0.05) is 26.0 Å². The fraction of sp³-hybridized carbons (Fsp3) is 0.353. The van der Waals surface area contributed by atoms with Gasteiger partial charge in [0.15, 0.2) is 12.3 Å². The van der Waals surface area contributed by atoms with E-state index in [-0.39, 0.29) is 18.2 Å². The van der Waals surface area contributed by atoms with Gasteiger partial charge in [0.05, 0.1) is 0 Å². The van der Waals surface area contributed by atoms with Crippen molar-refractivity contribution in [1.82, 2.24) is 21.0 Å². The van der Waals surface area contributed by atoms with E-state index < -0.39 is 11.8 Å². The molecule has 0 aliphatic carbocycles. The molecule has 0 spiro atoms. The first kappa shape index (κ1) is 17.5. The van der Waals surface area contributed by atoms with Gasteiger partial charge in [-0.2, -0.15) is 5.10 Å². The minimum Gasteiger partial charge on any atom is -0.483 e. The number of amides is 2. The Labute approximate surface area is 140 Å². The summed E-state index contributed by atoms with van der Waals surface area (Å²) in [6.45, 7) is 7.67. The number of carbonyl (C=O) groups is 2. The summed E-state index contributed by atoms with van der Waals surface area (Å²) in [5.41, 5.74) is 7.65. The zero-order chi connectivity index (χ0) is 17.7. The number of rotatable bonds is 5. The van der Waals surface area contributed by atoms with Crippen molar-refractivity contribution < 1.29 is 14.3 Å².